The summed E-state index contributed by atoms with van der Waals surface area (Å²) in [5.41, 5.74) is 1.30. The van der Waals surface area contributed by atoms with Crippen LogP contribution in [0.4, 0.5) is 0 Å². The number of ether oxygens (including phenoxy) is 1. The molecule has 2 fully saturated rings. The van der Waals surface area contributed by atoms with Crippen molar-refractivity contribution in [2.45, 2.75) is 44.4 Å². The normalized spacial score (nSPS) is 33.0. The standard InChI is InChI=1S/C20H24N2O3/c1-6-12-15-11(8-7-9-14(15)25-5)17(23)16-18-20(2,3)10-13(21(18)4)19(24)22(12)16/h6-9,12-13,16,18H,1,10H2,2-5H3/t12-,13-,16+,18-/m0/s1. The summed E-state index contributed by atoms with van der Waals surface area (Å²) in [5.74, 6) is 0.655. The summed E-state index contributed by atoms with van der Waals surface area (Å²) < 4.78 is 5.49. The Morgan fingerprint density at radius 1 is 1.32 bits per heavy atom. The third kappa shape index (κ3) is 1.93. The van der Waals surface area contributed by atoms with Gasteiger partial charge in [-0.1, -0.05) is 32.1 Å². The van der Waals surface area contributed by atoms with E-state index in [0.29, 0.717) is 11.3 Å². The largest absolute Gasteiger partial charge is 0.496 e. The Kier molecular flexibility index (Phi) is 3.38. The molecule has 1 amide bonds. The molecule has 2 saturated heterocycles. The van der Waals surface area contributed by atoms with Gasteiger partial charge in [-0.2, -0.15) is 0 Å². The highest BCUT2D eigenvalue weighted by Crippen LogP contribution is 2.51. The number of hydrogen-bond acceptors (Lipinski definition) is 4. The molecule has 1 aromatic carbocycles. The van der Waals surface area contributed by atoms with Crippen molar-refractivity contribution in [2.75, 3.05) is 14.2 Å². The van der Waals surface area contributed by atoms with Crippen LogP contribution in [0, 0.1) is 5.41 Å². The summed E-state index contributed by atoms with van der Waals surface area (Å²) in [6, 6.07) is 4.52. The van der Waals surface area contributed by atoms with Gasteiger partial charge in [0.05, 0.1) is 19.2 Å². The monoisotopic (exact) mass is 340 g/mol. The molecule has 2 bridgehead atoms. The number of methoxy groups -OCH3 is 1. The molecule has 5 nitrogen and oxygen atoms in total. The number of piperazine rings is 1. The van der Waals surface area contributed by atoms with Gasteiger partial charge >= 0.3 is 0 Å². The number of hydrogen-bond donors (Lipinski definition) is 0. The molecular formula is C20H24N2O3. The Hall–Kier alpha value is -2.14. The van der Waals surface area contributed by atoms with Crippen LogP contribution in [0.1, 0.15) is 42.2 Å². The minimum absolute atomic E-state index is 0.00417. The van der Waals surface area contributed by atoms with E-state index >= 15 is 0 Å². The number of likely N-dealkylation sites (N-methyl/N-ethyl adjacent to an activating group) is 1. The molecule has 25 heavy (non-hydrogen) atoms. The smallest absolute Gasteiger partial charge is 0.241 e. The van der Waals surface area contributed by atoms with Gasteiger partial charge in [0.15, 0.2) is 5.78 Å². The molecular weight excluding hydrogens is 316 g/mol. The number of benzene rings is 1. The average molecular weight is 340 g/mol. The molecule has 3 heterocycles. The highest BCUT2D eigenvalue weighted by Gasteiger charge is 2.62. The molecule has 1 aromatic rings. The first-order valence-electron chi connectivity index (χ1n) is 8.71. The first kappa shape index (κ1) is 16.3. The third-order valence-electron chi connectivity index (χ3n) is 6.23. The first-order chi connectivity index (χ1) is 11.8. The number of amides is 1. The van der Waals surface area contributed by atoms with E-state index in [0.717, 1.165) is 12.0 Å². The van der Waals surface area contributed by atoms with Crippen LogP contribution in [-0.4, -0.2) is 53.8 Å². The quantitative estimate of drug-likeness (QED) is 0.776. The van der Waals surface area contributed by atoms with E-state index in [1.807, 2.05) is 25.2 Å². The predicted molar refractivity (Wildman–Crippen MR) is 94.6 cm³/mol. The summed E-state index contributed by atoms with van der Waals surface area (Å²) in [4.78, 5) is 30.6. The molecule has 0 aliphatic carbocycles. The summed E-state index contributed by atoms with van der Waals surface area (Å²) in [5, 5.41) is 0. The maximum Gasteiger partial charge on any atom is 0.241 e. The molecule has 4 rings (SSSR count). The van der Waals surface area contributed by atoms with Gasteiger partial charge in [-0.15, -0.1) is 6.58 Å². The fourth-order valence-electron chi connectivity index (χ4n) is 5.23. The van der Waals surface area contributed by atoms with E-state index in [9.17, 15) is 9.59 Å². The van der Waals surface area contributed by atoms with Gasteiger partial charge in [0.2, 0.25) is 5.91 Å². The third-order valence-corrected chi connectivity index (χ3v) is 6.23. The average Bonchev–Trinajstić information content (AvgIpc) is 2.77. The zero-order chi connectivity index (χ0) is 18.1. The van der Waals surface area contributed by atoms with Crippen LogP contribution in [0.5, 0.6) is 5.75 Å². The molecule has 3 aliphatic rings. The molecule has 0 saturated carbocycles. The lowest BCUT2D eigenvalue weighted by Crippen LogP contribution is -2.67. The summed E-state index contributed by atoms with van der Waals surface area (Å²) in [6.45, 7) is 8.27. The van der Waals surface area contributed by atoms with Gasteiger partial charge in [-0.3, -0.25) is 14.5 Å². The van der Waals surface area contributed by atoms with Crippen molar-refractivity contribution in [3.63, 3.8) is 0 Å². The zero-order valence-corrected chi connectivity index (χ0v) is 15.2. The fraction of sp³-hybridized carbons (Fsp3) is 0.500. The lowest BCUT2D eigenvalue weighted by molar-refractivity contribution is -0.146. The maximum atomic E-state index is 13.4. The van der Waals surface area contributed by atoms with Crippen molar-refractivity contribution in [1.29, 1.82) is 0 Å². The van der Waals surface area contributed by atoms with E-state index in [1.54, 1.807) is 18.1 Å². The molecule has 132 valence electrons. The van der Waals surface area contributed by atoms with Gasteiger partial charge in [0.1, 0.15) is 11.8 Å². The Bertz CT molecular complexity index is 785. The van der Waals surface area contributed by atoms with Gasteiger partial charge in [0.25, 0.3) is 0 Å². The van der Waals surface area contributed by atoms with Crippen LogP contribution >= 0.6 is 0 Å². The summed E-state index contributed by atoms with van der Waals surface area (Å²) >= 11 is 0. The van der Waals surface area contributed by atoms with E-state index in [4.69, 9.17) is 4.74 Å². The van der Waals surface area contributed by atoms with Crippen LogP contribution in [0.15, 0.2) is 30.9 Å². The van der Waals surface area contributed by atoms with Gasteiger partial charge in [-0.05, 0) is 24.9 Å². The zero-order valence-electron chi connectivity index (χ0n) is 15.2. The van der Waals surface area contributed by atoms with Crippen molar-refractivity contribution in [3.8, 4) is 5.75 Å². The lowest BCUT2D eigenvalue weighted by atomic mass is 9.75. The van der Waals surface area contributed by atoms with Crippen molar-refractivity contribution in [1.82, 2.24) is 9.80 Å². The van der Waals surface area contributed by atoms with Crippen LogP contribution in [0.3, 0.4) is 0 Å². The SMILES string of the molecule is C=C[C@H]1c2c(OC)cccc2C(=O)[C@@H]2[C@@H]3N(C)[C@@H](CC3(C)C)C(=O)N21. The second-order valence-electron chi connectivity index (χ2n) is 7.98. The van der Waals surface area contributed by atoms with E-state index in [-0.39, 0.29) is 35.2 Å². The van der Waals surface area contributed by atoms with Gasteiger partial charge in [-0.25, -0.2) is 0 Å². The lowest BCUT2D eigenvalue weighted by Gasteiger charge is -2.51. The van der Waals surface area contributed by atoms with Crippen LogP contribution < -0.4 is 4.74 Å². The second kappa shape index (κ2) is 5.18. The highest BCUT2D eigenvalue weighted by atomic mass is 16.5. The topological polar surface area (TPSA) is 49.9 Å². The maximum absolute atomic E-state index is 13.4. The molecule has 0 spiro atoms. The molecule has 0 radical (unpaired) electrons. The van der Waals surface area contributed by atoms with Crippen LogP contribution in [0.25, 0.3) is 0 Å². The number of carbonyl (C=O) groups is 2. The Morgan fingerprint density at radius 3 is 2.68 bits per heavy atom. The number of rotatable bonds is 2. The highest BCUT2D eigenvalue weighted by molar-refractivity contribution is 6.07. The minimum atomic E-state index is -0.478. The van der Waals surface area contributed by atoms with E-state index in [2.05, 4.69) is 25.3 Å². The summed E-state index contributed by atoms with van der Waals surface area (Å²) in [6.07, 6.45) is 2.53. The number of carbonyl (C=O) groups excluding carboxylic acids is 2. The predicted octanol–water partition coefficient (Wildman–Crippen LogP) is 2.43. The molecule has 0 aromatic heterocycles. The molecule has 0 unspecified atom stereocenters. The van der Waals surface area contributed by atoms with E-state index in [1.165, 1.54) is 0 Å². The van der Waals surface area contributed by atoms with E-state index < -0.39 is 6.04 Å². The molecule has 4 atom stereocenters. The van der Waals surface area contributed by atoms with Crippen molar-refractivity contribution in [2.24, 2.45) is 5.41 Å². The summed E-state index contributed by atoms with van der Waals surface area (Å²) in [7, 11) is 3.56. The molecule has 5 heteroatoms. The first-order valence-corrected chi connectivity index (χ1v) is 8.71. The Labute approximate surface area is 148 Å². The van der Waals surface area contributed by atoms with Gasteiger partial charge < -0.3 is 9.64 Å². The fourth-order valence-corrected chi connectivity index (χ4v) is 5.23. The van der Waals surface area contributed by atoms with Crippen LogP contribution in [-0.2, 0) is 4.79 Å². The number of Topliss-reactive ketones (excluding diaryl/α,β-unsaturated/α-hetero) is 1. The Balaban J connectivity index is 1.96. The number of ketones is 1. The minimum Gasteiger partial charge on any atom is -0.496 e. The van der Waals surface area contributed by atoms with Gasteiger partial charge in [0, 0.05) is 17.2 Å². The Morgan fingerprint density at radius 2 is 2.04 bits per heavy atom. The van der Waals surface area contributed by atoms with Crippen molar-refractivity contribution in [3.05, 3.63) is 42.0 Å². The number of nitrogens with zero attached hydrogens (tertiary/aromatic N) is 2. The molecule has 3 aliphatic heterocycles. The number of fused-ring (bicyclic) bond motifs is 5. The molecule has 0 N–H and O–H groups in total. The second-order valence-corrected chi connectivity index (χ2v) is 7.98. The van der Waals surface area contributed by atoms with Crippen molar-refractivity contribution >= 4 is 11.7 Å². The van der Waals surface area contributed by atoms with Crippen LogP contribution in [0.2, 0.25) is 0 Å². The van der Waals surface area contributed by atoms with Crippen molar-refractivity contribution < 1.29 is 14.3 Å².